The average molecular weight is 261 g/mol. The van der Waals surface area contributed by atoms with Crippen LogP contribution in [0.3, 0.4) is 0 Å². The molecule has 0 bridgehead atoms. The molecular weight excluding hydrogens is 240 g/mol. The number of hydrogen-bond acceptors (Lipinski definition) is 3. The summed E-state index contributed by atoms with van der Waals surface area (Å²) in [6.45, 7) is 4.88. The largest absolute Gasteiger partial charge is 0.396 e. The van der Waals surface area contributed by atoms with Crippen LogP contribution in [0, 0.1) is 0 Å². The molecule has 4 nitrogen and oxygen atoms in total. The standard InChI is InChI=1S/C12H21ClN2O2/c1-3-10-12(13)11(15(4-2)14-10)8-9(17)6-5-7-16/h9,16-17H,3-8H2,1-2H3. The highest BCUT2D eigenvalue weighted by molar-refractivity contribution is 6.31. The van der Waals surface area contributed by atoms with Crippen molar-refractivity contribution in [2.45, 2.75) is 52.2 Å². The molecule has 1 aromatic rings. The summed E-state index contributed by atoms with van der Waals surface area (Å²) in [5.74, 6) is 0. The molecule has 1 heterocycles. The Morgan fingerprint density at radius 2 is 2.12 bits per heavy atom. The molecule has 0 saturated heterocycles. The van der Waals surface area contributed by atoms with Crippen LogP contribution in [0.15, 0.2) is 0 Å². The smallest absolute Gasteiger partial charge is 0.0850 e. The lowest BCUT2D eigenvalue weighted by Gasteiger charge is -2.11. The van der Waals surface area contributed by atoms with Gasteiger partial charge in [0.1, 0.15) is 0 Å². The van der Waals surface area contributed by atoms with E-state index in [9.17, 15) is 5.11 Å². The van der Waals surface area contributed by atoms with E-state index in [1.165, 1.54) is 0 Å². The number of aryl methyl sites for hydroxylation is 2. The molecule has 0 radical (unpaired) electrons. The second-order valence-electron chi connectivity index (χ2n) is 4.10. The van der Waals surface area contributed by atoms with Crippen molar-refractivity contribution < 1.29 is 10.2 Å². The SMILES string of the molecule is CCc1nn(CC)c(CC(O)CCCO)c1Cl. The molecule has 0 spiro atoms. The van der Waals surface area contributed by atoms with Crippen molar-refractivity contribution in [3.8, 4) is 0 Å². The third kappa shape index (κ3) is 3.69. The van der Waals surface area contributed by atoms with Gasteiger partial charge in [-0.3, -0.25) is 4.68 Å². The Bertz CT molecular complexity index is 353. The Balaban J connectivity index is 2.78. The van der Waals surface area contributed by atoms with Gasteiger partial charge in [0.2, 0.25) is 0 Å². The lowest BCUT2D eigenvalue weighted by atomic mass is 10.1. The molecule has 0 aliphatic carbocycles. The van der Waals surface area contributed by atoms with Crippen LogP contribution < -0.4 is 0 Å². The van der Waals surface area contributed by atoms with Gasteiger partial charge < -0.3 is 10.2 Å². The number of aliphatic hydroxyl groups is 2. The molecule has 0 aliphatic heterocycles. The molecule has 1 unspecified atom stereocenters. The minimum Gasteiger partial charge on any atom is -0.396 e. The van der Waals surface area contributed by atoms with Gasteiger partial charge in [-0.1, -0.05) is 18.5 Å². The van der Waals surface area contributed by atoms with Crippen molar-refractivity contribution in [3.63, 3.8) is 0 Å². The van der Waals surface area contributed by atoms with Gasteiger partial charge in [0.25, 0.3) is 0 Å². The van der Waals surface area contributed by atoms with Crippen LogP contribution in [0.4, 0.5) is 0 Å². The number of nitrogens with zero attached hydrogens (tertiary/aromatic N) is 2. The molecular formula is C12H21ClN2O2. The molecule has 1 atom stereocenters. The number of halogens is 1. The zero-order chi connectivity index (χ0) is 12.8. The maximum atomic E-state index is 9.85. The van der Waals surface area contributed by atoms with Crippen LogP contribution in [0.25, 0.3) is 0 Å². The number of aliphatic hydroxyl groups excluding tert-OH is 2. The lowest BCUT2D eigenvalue weighted by Crippen LogP contribution is -2.15. The van der Waals surface area contributed by atoms with Crippen LogP contribution in [-0.2, 0) is 19.4 Å². The van der Waals surface area contributed by atoms with Crippen molar-refractivity contribution in [1.29, 1.82) is 0 Å². The Kier molecular flexibility index (Phi) is 5.95. The fourth-order valence-corrected chi connectivity index (χ4v) is 2.21. The summed E-state index contributed by atoms with van der Waals surface area (Å²) in [4.78, 5) is 0. The van der Waals surface area contributed by atoms with Crippen LogP contribution in [-0.4, -0.2) is 32.7 Å². The second kappa shape index (κ2) is 6.99. The van der Waals surface area contributed by atoms with E-state index in [0.717, 1.165) is 24.4 Å². The minimum atomic E-state index is -0.466. The molecule has 0 aliphatic rings. The quantitative estimate of drug-likeness (QED) is 0.786. The Morgan fingerprint density at radius 3 is 2.65 bits per heavy atom. The second-order valence-corrected chi connectivity index (χ2v) is 4.48. The van der Waals surface area contributed by atoms with E-state index in [-0.39, 0.29) is 6.61 Å². The van der Waals surface area contributed by atoms with Gasteiger partial charge in [0.05, 0.1) is 22.5 Å². The minimum absolute atomic E-state index is 0.109. The molecule has 5 heteroatoms. The normalized spacial score (nSPS) is 13.0. The summed E-state index contributed by atoms with van der Waals surface area (Å²) in [5.41, 5.74) is 1.79. The molecule has 1 aromatic heterocycles. The monoisotopic (exact) mass is 260 g/mol. The number of aromatic nitrogens is 2. The van der Waals surface area contributed by atoms with E-state index in [1.54, 1.807) is 0 Å². The van der Waals surface area contributed by atoms with Crippen LogP contribution in [0.2, 0.25) is 5.02 Å². The highest BCUT2D eigenvalue weighted by atomic mass is 35.5. The van der Waals surface area contributed by atoms with Crippen molar-refractivity contribution >= 4 is 11.6 Å². The van der Waals surface area contributed by atoms with Gasteiger partial charge in [-0.15, -0.1) is 0 Å². The number of hydrogen-bond donors (Lipinski definition) is 2. The summed E-state index contributed by atoms with van der Waals surface area (Å²) >= 11 is 6.24. The lowest BCUT2D eigenvalue weighted by molar-refractivity contribution is 0.147. The summed E-state index contributed by atoms with van der Waals surface area (Å²) < 4.78 is 1.85. The topological polar surface area (TPSA) is 58.3 Å². The van der Waals surface area contributed by atoms with Gasteiger partial charge in [0.15, 0.2) is 0 Å². The van der Waals surface area contributed by atoms with E-state index < -0.39 is 6.10 Å². The van der Waals surface area contributed by atoms with Gasteiger partial charge in [-0.25, -0.2) is 0 Å². The van der Waals surface area contributed by atoms with Gasteiger partial charge in [0, 0.05) is 19.6 Å². The summed E-state index contributed by atoms with van der Waals surface area (Å²) in [6, 6.07) is 0. The van der Waals surface area contributed by atoms with Gasteiger partial charge >= 0.3 is 0 Å². The van der Waals surface area contributed by atoms with E-state index >= 15 is 0 Å². The van der Waals surface area contributed by atoms with E-state index in [1.807, 2.05) is 18.5 Å². The fraction of sp³-hybridized carbons (Fsp3) is 0.750. The van der Waals surface area contributed by atoms with E-state index in [0.29, 0.717) is 24.3 Å². The van der Waals surface area contributed by atoms with Crippen LogP contribution in [0.5, 0.6) is 0 Å². The first kappa shape index (κ1) is 14.5. The molecule has 2 N–H and O–H groups in total. The molecule has 98 valence electrons. The van der Waals surface area contributed by atoms with Crippen LogP contribution in [0.1, 0.15) is 38.1 Å². The van der Waals surface area contributed by atoms with Crippen molar-refractivity contribution in [1.82, 2.24) is 9.78 Å². The number of rotatable bonds is 7. The van der Waals surface area contributed by atoms with Gasteiger partial charge in [-0.2, -0.15) is 5.10 Å². The molecule has 0 fully saturated rings. The maximum Gasteiger partial charge on any atom is 0.0850 e. The molecule has 1 rings (SSSR count). The first-order valence-electron chi connectivity index (χ1n) is 6.16. The zero-order valence-corrected chi connectivity index (χ0v) is 11.2. The van der Waals surface area contributed by atoms with E-state index in [2.05, 4.69) is 5.10 Å². The Morgan fingerprint density at radius 1 is 1.41 bits per heavy atom. The average Bonchev–Trinajstić information content (AvgIpc) is 2.63. The molecule has 0 aromatic carbocycles. The summed E-state index contributed by atoms with van der Waals surface area (Å²) in [5, 5.41) is 23.7. The first-order chi connectivity index (χ1) is 8.13. The van der Waals surface area contributed by atoms with Crippen molar-refractivity contribution in [2.75, 3.05) is 6.61 Å². The van der Waals surface area contributed by atoms with E-state index in [4.69, 9.17) is 16.7 Å². The predicted octanol–water partition coefficient (Wildman–Crippen LogP) is 1.79. The fourth-order valence-electron chi connectivity index (χ4n) is 1.86. The van der Waals surface area contributed by atoms with Crippen molar-refractivity contribution in [2.24, 2.45) is 0 Å². The highest BCUT2D eigenvalue weighted by Gasteiger charge is 2.17. The Labute approximate surface area is 107 Å². The summed E-state index contributed by atoms with van der Waals surface area (Å²) in [6.07, 6.45) is 2.03. The highest BCUT2D eigenvalue weighted by Crippen LogP contribution is 2.23. The molecule has 0 saturated carbocycles. The summed E-state index contributed by atoms with van der Waals surface area (Å²) in [7, 11) is 0. The predicted molar refractivity (Wildman–Crippen MR) is 68.3 cm³/mol. The van der Waals surface area contributed by atoms with Crippen LogP contribution >= 0.6 is 11.6 Å². The first-order valence-corrected chi connectivity index (χ1v) is 6.54. The third-order valence-corrected chi connectivity index (χ3v) is 3.25. The zero-order valence-electron chi connectivity index (χ0n) is 10.5. The van der Waals surface area contributed by atoms with Crippen molar-refractivity contribution in [3.05, 3.63) is 16.4 Å². The van der Waals surface area contributed by atoms with Gasteiger partial charge in [-0.05, 0) is 26.2 Å². The molecule has 0 amide bonds. The third-order valence-electron chi connectivity index (χ3n) is 2.82. The Hall–Kier alpha value is -0.580. The maximum absolute atomic E-state index is 9.85. The molecule has 17 heavy (non-hydrogen) atoms.